The number of carbonyl (C=O) groups is 2. The first-order valence-electron chi connectivity index (χ1n) is 6.73. The Balaban J connectivity index is 2.37. The smallest absolute Gasteiger partial charge is 0.326 e. The van der Waals surface area contributed by atoms with Crippen molar-refractivity contribution in [3.05, 3.63) is 24.3 Å². The van der Waals surface area contributed by atoms with E-state index in [4.69, 9.17) is 9.84 Å². The van der Waals surface area contributed by atoms with E-state index in [-0.39, 0.29) is 18.2 Å². The number of carboxylic acid groups (broad SMARTS) is 1. The third kappa shape index (κ3) is 6.08. The molecule has 0 aromatic heterocycles. The standard InChI is InChI=1S/C15H21NO4S/c1-10(2)14(15(18)19)16-13(17)8-9-21-12-6-4-11(20-3)5-7-12/h4-7,10,14H,8-9H2,1-3H3,(H,16,17)(H,18,19)/t14-/m1/s1. The van der Waals surface area contributed by atoms with Crippen molar-refractivity contribution in [3.8, 4) is 5.75 Å². The summed E-state index contributed by atoms with van der Waals surface area (Å²) in [7, 11) is 1.61. The summed E-state index contributed by atoms with van der Waals surface area (Å²) in [6, 6.07) is 6.75. The van der Waals surface area contributed by atoms with Crippen LogP contribution in [0, 0.1) is 5.92 Å². The number of hydrogen-bond donors (Lipinski definition) is 2. The number of hydrogen-bond acceptors (Lipinski definition) is 4. The van der Waals surface area contributed by atoms with E-state index < -0.39 is 12.0 Å². The Kier molecular flexibility index (Phi) is 7.08. The zero-order valence-corrected chi connectivity index (χ0v) is 13.3. The van der Waals surface area contributed by atoms with E-state index in [0.717, 1.165) is 10.6 Å². The van der Waals surface area contributed by atoms with E-state index >= 15 is 0 Å². The zero-order valence-electron chi connectivity index (χ0n) is 12.5. The third-order valence-electron chi connectivity index (χ3n) is 2.91. The van der Waals surface area contributed by atoms with Gasteiger partial charge in [-0.25, -0.2) is 4.79 Å². The van der Waals surface area contributed by atoms with Gasteiger partial charge >= 0.3 is 5.97 Å². The fourth-order valence-corrected chi connectivity index (χ4v) is 2.54. The molecule has 1 amide bonds. The lowest BCUT2D eigenvalue weighted by molar-refractivity contribution is -0.143. The average molecular weight is 311 g/mol. The number of methoxy groups -OCH3 is 1. The van der Waals surface area contributed by atoms with Gasteiger partial charge in [0.15, 0.2) is 0 Å². The normalized spacial score (nSPS) is 12.0. The Morgan fingerprint density at radius 2 is 1.90 bits per heavy atom. The molecule has 1 aromatic rings. The lowest BCUT2D eigenvalue weighted by Crippen LogP contribution is -2.44. The zero-order chi connectivity index (χ0) is 15.8. The van der Waals surface area contributed by atoms with E-state index in [9.17, 15) is 9.59 Å². The first-order valence-corrected chi connectivity index (χ1v) is 7.71. The lowest BCUT2D eigenvalue weighted by Gasteiger charge is -2.17. The summed E-state index contributed by atoms with van der Waals surface area (Å²) < 4.78 is 5.07. The summed E-state index contributed by atoms with van der Waals surface area (Å²) in [6.45, 7) is 3.54. The molecule has 21 heavy (non-hydrogen) atoms. The van der Waals surface area contributed by atoms with Crippen LogP contribution in [0.15, 0.2) is 29.2 Å². The van der Waals surface area contributed by atoms with Crippen molar-refractivity contribution < 1.29 is 19.4 Å². The van der Waals surface area contributed by atoms with Crippen molar-refractivity contribution in [3.63, 3.8) is 0 Å². The fourth-order valence-electron chi connectivity index (χ4n) is 1.69. The highest BCUT2D eigenvalue weighted by atomic mass is 32.2. The van der Waals surface area contributed by atoms with Crippen LogP contribution in [0.4, 0.5) is 0 Å². The fraction of sp³-hybridized carbons (Fsp3) is 0.467. The molecule has 0 spiro atoms. The van der Waals surface area contributed by atoms with Gasteiger partial charge in [-0.05, 0) is 30.2 Å². The van der Waals surface area contributed by atoms with Crippen molar-refractivity contribution in [1.82, 2.24) is 5.32 Å². The predicted octanol–water partition coefficient (Wildman–Crippen LogP) is 2.40. The van der Waals surface area contributed by atoms with Crippen LogP contribution in [-0.4, -0.2) is 35.9 Å². The molecule has 0 saturated heterocycles. The topological polar surface area (TPSA) is 75.6 Å². The number of thioether (sulfide) groups is 1. The molecule has 1 aromatic carbocycles. The maximum atomic E-state index is 11.7. The summed E-state index contributed by atoms with van der Waals surface area (Å²) in [4.78, 5) is 23.8. The molecule has 0 unspecified atom stereocenters. The van der Waals surface area contributed by atoms with E-state index in [0.29, 0.717) is 5.75 Å². The van der Waals surface area contributed by atoms with Gasteiger partial charge < -0.3 is 15.2 Å². The second-order valence-electron chi connectivity index (χ2n) is 4.90. The Morgan fingerprint density at radius 1 is 1.29 bits per heavy atom. The summed E-state index contributed by atoms with van der Waals surface area (Å²) in [6.07, 6.45) is 0.285. The van der Waals surface area contributed by atoms with Crippen molar-refractivity contribution in [2.45, 2.75) is 31.2 Å². The first kappa shape index (κ1) is 17.4. The Morgan fingerprint density at radius 3 is 2.38 bits per heavy atom. The molecule has 2 N–H and O–H groups in total. The summed E-state index contributed by atoms with van der Waals surface area (Å²) in [5.74, 6) is 0.0140. The Hall–Kier alpha value is -1.69. The maximum Gasteiger partial charge on any atom is 0.326 e. The summed E-state index contributed by atoms with van der Waals surface area (Å²) >= 11 is 1.55. The molecule has 0 radical (unpaired) electrons. The molecule has 0 heterocycles. The van der Waals surface area contributed by atoms with Crippen LogP contribution < -0.4 is 10.1 Å². The average Bonchev–Trinajstić information content (AvgIpc) is 2.45. The molecule has 0 aliphatic heterocycles. The molecule has 5 nitrogen and oxygen atoms in total. The van der Waals surface area contributed by atoms with Crippen LogP contribution in [0.25, 0.3) is 0 Å². The molecule has 0 bridgehead atoms. The van der Waals surface area contributed by atoms with E-state index in [2.05, 4.69) is 5.32 Å². The van der Waals surface area contributed by atoms with Gasteiger partial charge in [-0.1, -0.05) is 13.8 Å². The Bertz CT molecular complexity index is 473. The van der Waals surface area contributed by atoms with Gasteiger partial charge in [-0.3, -0.25) is 4.79 Å². The molecule has 6 heteroatoms. The molecule has 116 valence electrons. The highest BCUT2D eigenvalue weighted by Gasteiger charge is 2.22. The SMILES string of the molecule is COc1ccc(SCCC(=O)N[C@@H](C(=O)O)C(C)C)cc1. The van der Waals surface area contributed by atoms with Crippen molar-refractivity contribution in [1.29, 1.82) is 0 Å². The number of aliphatic carboxylic acids is 1. The van der Waals surface area contributed by atoms with Gasteiger partial charge in [0.25, 0.3) is 0 Å². The monoisotopic (exact) mass is 311 g/mol. The minimum atomic E-state index is -0.999. The van der Waals surface area contributed by atoms with Crippen LogP contribution >= 0.6 is 11.8 Å². The minimum Gasteiger partial charge on any atom is -0.497 e. The van der Waals surface area contributed by atoms with Gasteiger partial charge in [0.1, 0.15) is 11.8 Å². The summed E-state index contributed by atoms with van der Waals surface area (Å²) in [5.41, 5.74) is 0. The van der Waals surface area contributed by atoms with E-state index in [1.165, 1.54) is 0 Å². The van der Waals surface area contributed by atoms with Crippen LogP contribution in [0.1, 0.15) is 20.3 Å². The molecular formula is C15H21NO4S. The van der Waals surface area contributed by atoms with Crippen molar-refractivity contribution in [2.24, 2.45) is 5.92 Å². The predicted molar refractivity (Wildman–Crippen MR) is 82.7 cm³/mol. The molecule has 1 rings (SSSR count). The number of amides is 1. The molecular weight excluding hydrogens is 290 g/mol. The number of rotatable bonds is 8. The first-order chi connectivity index (χ1) is 9.93. The van der Waals surface area contributed by atoms with Crippen LogP contribution in [0.5, 0.6) is 5.75 Å². The van der Waals surface area contributed by atoms with Gasteiger partial charge in [-0.15, -0.1) is 11.8 Å². The minimum absolute atomic E-state index is 0.138. The van der Waals surface area contributed by atoms with Crippen LogP contribution in [0.3, 0.4) is 0 Å². The molecule has 0 fully saturated rings. The third-order valence-corrected chi connectivity index (χ3v) is 3.92. The van der Waals surface area contributed by atoms with Crippen LogP contribution in [0.2, 0.25) is 0 Å². The Labute approximate surface area is 129 Å². The maximum absolute atomic E-state index is 11.7. The van der Waals surface area contributed by atoms with Gasteiger partial charge in [0.2, 0.25) is 5.91 Å². The largest absolute Gasteiger partial charge is 0.497 e. The van der Waals surface area contributed by atoms with Crippen molar-refractivity contribution in [2.75, 3.05) is 12.9 Å². The van der Waals surface area contributed by atoms with E-state index in [1.807, 2.05) is 24.3 Å². The quantitative estimate of drug-likeness (QED) is 0.721. The number of carbonyl (C=O) groups excluding carboxylic acids is 1. The number of carboxylic acids is 1. The number of benzene rings is 1. The van der Waals surface area contributed by atoms with Crippen molar-refractivity contribution >= 4 is 23.6 Å². The van der Waals surface area contributed by atoms with Gasteiger partial charge in [-0.2, -0.15) is 0 Å². The number of nitrogens with one attached hydrogen (secondary N) is 1. The summed E-state index contributed by atoms with van der Waals surface area (Å²) in [5, 5.41) is 11.6. The molecule has 0 aliphatic carbocycles. The molecule has 0 aliphatic rings. The molecule has 1 atom stereocenters. The molecule has 0 saturated carbocycles. The lowest BCUT2D eigenvalue weighted by atomic mass is 10.0. The van der Waals surface area contributed by atoms with Gasteiger partial charge in [0, 0.05) is 17.1 Å². The number of ether oxygens (including phenoxy) is 1. The highest BCUT2D eigenvalue weighted by Crippen LogP contribution is 2.21. The van der Waals surface area contributed by atoms with E-state index in [1.54, 1.807) is 32.7 Å². The van der Waals surface area contributed by atoms with Crippen LogP contribution in [-0.2, 0) is 9.59 Å². The second-order valence-corrected chi connectivity index (χ2v) is 6.07. The highest BCUT2D eigenvalue weighted by molar-refractivity contribution is 7.99. The second kappa shape index (κ2) is 8.56. The van der Waals surface area contributed by atoms with Gasteiger partial charge in [0.05, 0.1) is 7.11 Å².